The Kier molecular flexibility index (Phi) is 7.04. The highest BCUT2D eigenvalue weighted by atomic mass is 14.8. The van der Waals surface area contributed by atoms with Crippen LogP contribution < -0.4 is 5.32 Å². The molecule has 1 N–H and O–H groups in total. The molecule has 62 valence electrons. The van der Waals surface area contributed by atoms with Crippen LogP contribution in [0.2, 0.25) is 0 Å². The zero-order valence-electron chi connectivity index (χ0n) is 7.61. The molecule has 0 aromatic rings. The summed E-state index contributed by atoms with van der Waals surface area (Å²) >= 11 is 0. The summed E-state index contributed by atoms with van der Waals surface area (Å²) in [5.41, 5.74) is 0. The standard InChI is InChI=1S/C9H21N/c1-4-9(3)7-6-8-10-5-2/h9-10H,4-8H2,1-3H3/t9-/m1/s1. The molecule has 0 fully saturated rings. The first-order chi connectivity index (χ1) is 4.81. The first kappa shape index (κ1) is 9.96. The van der Waals surface area contributed by atoms with Gasteiger partial charge in [0.15, 0.2) is 0 Å². The van der Waals surface area contributed by atoms with Crippen molar-refractivity contribution in [2.75, 3.05) is 13.1 Å². The van der Waals surface area contributed by atoms with Gasteiger partial charge in [-0.2, -0.15) is 0 Å². The van der Waals surface area contributed by atoms with Crippen LogP contribution in [0.25, 0.3) is 0 Å². The Hall–Kier alpha value is -0.0400. The van der Waals surface area contributed by atoms with Crippen molar-refractivity contribution in [3.63, 3.8) is 0 Å². The van der Waals surface area contributed by atoms with Crippen LogP contribution in [0.1, 0.15) is 40.0 Å². The van der Waals surface area contributed by atoms with E-state index in [0.29, 0.717) is 0 Å². The molecule has 1 heteroatoms. The van der Waals surface area contributed by atoms with E-state index < -0.39 is 0 Å². The van der Waals surface area contributed by atoms with Crippen LogP contribution in [0.5, 0.6) is 0 Å². The Labute approximate surface area is 65.2 Å². The van der Waals surface area contributed by atoms with E-state index in [2.05, 4.69) is 26.1 Å². The van der Waals surface area contributed by atoms with Gasteiger partial charge in [0, 0.05) is 0 Å². The minimum atomic E-state index is 0.915. The minimum absolute atomic E-state index is 0.915. The summed E-state index contributed by atoms with van der Waals surface area (Å²) in [4.78, 5) is 0. The molecule has 0 saturated heterocycles. The lowest BCUT2D eigenvalue weighted by molar-refractivity contribution is 0.484. The van der Waals surface area contributed by atoms with Gasteiger partial charge in [0.1, 0.15) is 0 Å². The molecule has 0 aliphatic heterocycles. The highest BCUT2D eigenvalue weighted by molar-refractivity contribution is 4.51. The third-order valence-corrected chi connectivity index (χ3v) is 2.00. The van der Waals surface area contributed by atoms with E-state index in [4.69, 9.17) is 0 Å². The molecule has 0 rings (SSSR count). The van der Waals surface area contributed by atoms with Gasteiger partial charge in [0.25, 0.3) is 0 Å². The highest BCUT2D eigenvalue weighted by Gasteiger charge is 1.96. The van der Waals surface area contributed by atoms with Gasteiger partial charge in [-0.15, -0.1) is 0 Å². The minimum Gasteiger partial charge on any atom is -0.317 e. The average Bonchev–Trinajstić information content (AvgIpc) is 1.98. The van der Waals surface area contributed by atoms with E-state index in [-0.39, 0.29) is 0 Å². The Morgan fingerprint density at radius 2 is 2.00 bits per heavy atom. The molecule has 1 nitrogen and oxygen atoms in total. The van der Waals surface area contributed by atoms with Gasteiger partial charge in [0.05, 0.1) is 0 Å². The fraction of sp³-hybridized carbons (Fsp3) is 1.00. The molecule has 0 amide bonds. The van der Waals surface area contributed by atoms with E-state index in [1.54, 1.807) is 0 Å². The second kappa shape index (κ2) is 7.07. The molecule has 0 spiro atoms. The van der Waals surface area contributed by atoms with Gasteiger partial charge in [-0.25, -0.2) is 0 Å². The van der Waals surface area contributed by atoms with E-state index in [0.717, 1.165) is 12.5 Å². The van der Waals surface area contributed by atoms with Crippen LogP contribution in [0, 0.1) is 5.92 Å². The molecule has 0 saturated carbocycles. The summed E-state index contributed by atoms with van der Waals surface area (Å²) in [5, 5.41) is 3.33. The van der Waals surface area contributed by atoms with Crippen LogP contribution in [0.15, 0.2) is 0 Å². The van der Waals surface area contributed by atoms with Gasteiger partial charge in [-0.1, -0.05) is 27.2 Å². The normalized spacial score (nSPS) is 13.5. The molecule has 0 bridgehead atoms. The van der Waals surface area contributed by atoms with Gasteiger partial charge >= 0.3 is 0 Å². The first-order valence-electron chi connectivity index (χ1n) is 4.52. The SMILES string of the molecule is CCNCCC[C@H](C)CC. The summed E-state index contributed by atoms with van der Waals surface area (Å²) in [6.07, 6.45) is 4.04. The molecule has 0 aliphatic carbocycles. The van der Waals surface area contributed by atoms with Crippen molar-refractivity contribution in [2.24, 2.45) is 5.92 Å². The van der Waals surface area contributed by atoms with Crippen molar-refractivity contribution >= 4 is 0 Å². The van der Waals surface area contributed by atoms with E-state index in [1.807, 2.05) is 0 Å². The molecular weight excluding hydrogens is 122 g/mol. The Morgan fingerprint density at radius 1 is 1.30 bits per heavy atom. The predicted octanol–water partition coefficient (Wildman–Crippen LogP) is 2.42. The van der Waals surface area contributed by atoms with Gasteiger partial charge in [0.2, 0.25) is 0 Å². The largest absolute Gasteiger partial charge is 0.317 e. The predicted molar refractivity (Wildman–Crippen MR) is 47.2 cm³/mol. The van der Waals surface area contributed by atoms with Crippen molar-refractivity contribution in [1.29, 1.82) is 0 Å². The maximum Gasteiger partial charge on any atom is -0.00489 e. The van der Waals surface area contributed by atoms with Crippen molar-refractivity contribution in [3.8, 4) is 0 Å². The van der Waals surface area contributed by atoms with Crippen LogP contribution >= 0.6 is 0 Å². The lowest BCUT2D eigenvalue weighted by Gasteiger charge is -2.07. The summed E-state index contributed by atoms with van der Waals surface area (Å²) in [6, 6.07) is 0. The number of hydrogen-bond donors (Lipinski definition) is 1. The van der Waals surface area contributed by atoms with Crippen molar-refractivity contribution < 1.29 is 0 Å². The molecule has 0 heterocycles. The molecule has 1 atom stereocenters. The first-order valence-corrected chi connectivity index (χ1v) is 4.52. The third-order valence-electron chi connectivity index (χ3n) is 2.00. The van der Waals surface area contributed by atoms with Gasteiger partial charge in [-0.05, 0) is 31.8 Å². The quantitative estimate of drug-likeness (QED) is 0.563. The third kappa shape index (κ3) is 6.09. The maximum absolute atomic E-state index is 3.33. The molecule has 0 aromatic heterocycles. The zero-order valence-corrected chi connectivity index (χ0v) is 7.61. The van der Waals surface area contributed by atoms with Crippen LogP contribution in [-0.4, -0.2) is 13.1 Å². The summed E-state index contributed by atoms with van der Waals surface area (Å²) in [7, 11) is 0. The summed E-state index contributed by atoms with van der Waals surface area (Å²) in [5.74, 6) is 0.915. The second-order valence-corrected chi connectivity index (χ2v) is 3.01. The van der Waals surface area contributed by atoms with E-state index in [9.17, 15) is 0 Å². The summed E-state index contributed by atoms with van der Waals surface area (Å²) < 4.78 is 0. The molecule has 0 radical (unpaired) electrons. The average molecular weight is 143 g/mol. The van der Waals surface area contributed by atoms with Crippen molar-refractivity contribution in [3.05, 3.63) is 0 Å². The monoisotopic (exact) mass is 143 g/mol. The number of hydrogen-bond acceptors (Lipinski definition) is 1. The molecule has 0 aromatic carbocycles. The fourth-order valence-electron chi connectivity index (χ4n) is 0.956. The molecular formula is C9H21N. The van der Waals surface area contributed by atoms with E-state index in [1.165, 1.54) is 25.8 Å². The van der Waals surface area contributed by atoms with Crippen LogP contribution in [0.4, 0.5) is 0 Å². The maximum atomic E-state index is 3.33. The molecule has 10 heavy (non-hydrogen) atoms. The van der Waals surface area contributed by atoms with Crippen LogP contribution in [-0.2, 0) is 0 Å². The van der Waals surface area contributed by atoms with Gasteiger partial charge in [-0.3, -0.25) is 0 Å². The lowest BCUT2D eigenvalue weighted by atomic mass is 10.0. The fourth-order valence-corrected chi connectivity index (χ4v) is 0.956. The highest BCUT2D eigenvalue weighted by Crippen LogP contribution is 2.07. The van der Waals surface area contributed by atoms with Crippen LogP contribution in [0.3, 0.4) is 0 Å². The Bertz CT molecular complexity index is 61.7. The Morgan fingerprint density at radius 3 is 2.50 bits per heavy atom. The topological polar surface area (TPSA) is 12.0 Å². The smallest absolute Gasteiger partial charge is 0.00489 e. The zero-order chi connectivity index (χ0) is 7.82. The lowest BCUT2D eigenvalue weighted by Crippen LogP contribution is -2.14. The molecule has 0 aliphatic rings. The number of nitrogens with one attached hydrogen (secondary N) is 1. The molecule has 0 unspecified atom stereocenters. The van der Waals surface area contributed by atoms with Crippen molar-refractivity contribution in [2.45, 2.75) is 40.0 Å². The van der Waals surface area contributed by atoms with Crippen molar-refractivity contribution in [1.82, 2.24) is 5.32 Å². The van der Waals surface area contributed by atoms with E-state index >= 15 is 0 Å². The number of rotatable bonds is 6. The Balaban J connectivity index is 2.89. The van der Waals surface area contributed by atoms with Gasteiger partial charge < -0.3 is 5.32 Å². The second-order valence-electron chi connectivity index (χ2n) is 3.01. The summed E-state index contributed by atoms with van der Waals surface area (Å²) in [6.45, 7) is 9.05.